The van der Waals surface area contributed by atoms with Gasteiger partial charge >= 0.3 is 0 Å². The summed E-state index contributed by atoms with van der Waals surface area (Å²) < 4.78 is 0. The van der Waals surface area contributed by atoms with Crippen molar-refractivity contribution in [2.24, 2.45) is 0 Å². The minimum Gasteiger partial charge on any atom is -0.352 e. The molecule has 108 valence electrons. The molecule has 1 amide bonds. The predicted octanol–water partition coefficient (Wildman–Crippen LogP) is 1.26. The monoisotopic (exact) mass is 265 g/mol. The smallest absolute Gasteiger partial charge is 0.234 e. The van der Waals surface area contributed by atoms with E-state index in [1.165, 1.54) is 64.5 Å². The van der Waals surface area contributed by atoms with E-state index in [-0.39, 0.29) is 5.91 Å². The van der Waals surface area contributed by atoms with Crippen molar-refractivity contribution in [2.45, 2.75) is 69.5 Å². The molecule has 2 heterocycles. The Hall–Kier alpha value is -0.610. The number of carbonyl (C=O) groups excluding carboxylic acids is 1. The lowest BCUT2D eigenvalue weighted by molar-refractivity contribution is -0.121. The van der Waals surface area contributed by atoms with Crippen LogP contribution in [-0.2, 0) is 4.79 Å². The van der Waals surface area contributed by atoms with Crippen LogP contribution in [-0.4, -0.2) is 48.6 Å². The van der Waals surface area contributed by atoms with Gasteiger partial charge in [-0.3, -0.25) is 9.69 Å². The van der Waals surface area contributed by atoms with Crippen molar-refractivity contribution in [1.82, 2.24) is 15.5 Å². The van der Waals surface area contributed by atoms with Crippen LogP contribution in [0.2, 0.25) is 0 Å². The van der Waals surface area contributed by atoms with Crippen LogP contribution in [0.1, 0.15) is 51.4 Å². The third-order valence-corrected chi connectivity index (χ3v) is 5.10. The highest BCUT2D eigenvalue weighted by molar-refractivity contribution is 5.78. The molecule has 3 aliphatic rings. The zero-order valence-corrected chi connectivity index (χ0v) is 11.9. The number of hydrogen-bond acceptors (Lipinski definition) is 3. The third kappa shape index (κ3) is 3.29. The molecule has 4 heteroatoms. The van der Waals surface area contributed by atoms with E-state index in [2.05, 4.69) is 15.5 Å². The molecule has 0 aromatic rings. The van der Waals surface area contributed by atoms with Gasteiger partial charge in [0.25, 0.3) is 0 Å². The molecular formula is C15H27N3O. The van der Waals surface area contributed by atoms with Crippen LogP contribution in [0.4, 0.5) is 0 Å². The van der Waals surface area contributed by atoms with Crippen LogP contribution >= 0.6 is 0 Å². The molecule has 2 saturated heterocycles. The van der Waals surface area contributed by atoms with Gasteiger partial charge in [-0.1, -0.05) is 19.3 Å². The second-order valence-electron chi connectivity index (χ2n) is 6.42. The molecule has 2 atom stereocenters. The summed E-state index contributed by atoms with van der Waals surface area (Å²) in [7, 11) is 0. The molecular weight excluding hydrogens is 238 g/mol. The second kappa shape index (κ2) is 6.23. The minimum atomic E-state index is 0.198. The Morgan fingerprint density at radius 1 is 1.00 bits per heavy atom. The number of hydrogen-bond donors (Lipinski definition) is 2. The van der Waals surface area contributed by atoms with Gasteiger partial charge in [0.05, 0.1) is 6.54 Å². The fraction of sp³-hybridized carbons (Fsp3) is 0.933. The molecule has 2 N–H and O–H groups in total. The van der Waals surface area contributed by atoms with Gasteiger partial charge in [-0.15, -0.1) is 0 Å². The molecule has 19 heavy (non-hydrogen) atoms. The Labute approximate surface area is 116 Å². The molecule has 4 nitrogen and oxygen atoms in total. The van der Waals surface area contributed by atoms with Crippen molar-refractivity contribution in [1.29, 1.82) is 0 Å². The average Bonchev–Trinajstić information content (AvgIpc) is 3.01. The van der Waals surface area contributed by atoms with Gasteiger partial charge in [0.15, 0.2) is 0 Å². The average molecular weight is 265 g/mol. The number of rotatable bonds is 4. The number of carbonyl (C=O) groups is 1. The predicted molar refractivity (Wildman–Crippen MR) is 76.0 cm³/mol. The molecule has 1 saturated carbocycles. The molecule has 2 unspecified atom stereocenters. The highest BCUT2D eigenvalue weighted by Gasteiger charge is 2.36. The SMILES string of the molecule is O=C(CNC1CCN2CCCC12)NC1CCCCC1. The summed E-state index contributed by atoms with van der Waals surface area (Å²) in [5.74, 6) is 0.198. The maximum atomic E-state index is 12.0. The quantitative estimate of drug-likeness (QED) is 0.804. The van der Waals surface area contributed by atoms with Gasteiger partial charge < -0.3 is 10.6 Å². The topological polar surface area (TPSA) is 44.4 Å². The molecule has 2 aliphatic heterocycles. The van der Waals surface area contributed by atoms with E-state index in [1.54, 1.807) is 0 Å². The Kier molecular flexibility index (Phi) is 4.38. The van der Waals surface area contributed by atoms with Crippen molar-refractivity contribution in [2.75, 3.05) is 19.6 Å². The van der Waals surface area contributed by atoms with Gasteiger partial charge in [0.1, 0.15) is 0 Å². The summed E-state index contributed by atoms with van der Waals surface area (Å²) in [6.07, 6.45) is 10.1. The maximum Gasteiger partial charge on any atom is 0.234 e. The number of nitrogens with one attached hydrogen (secondary N) is 2. The third-order valence-electron chi connectivity index (χ3n) is 5.10. The summed E-state index contributed by atoms with van der Waals surface area (Å²) >= 11 is 0. The summed E-state index contributed by atoms with van der Waals surface area (Å²) in [6, 6.07) is 1.68. The lowest BCUT2D eigenvalue weighted by atomic mass is 9.95. The first kappa shape index (κ1) is 13.4. The van der Waals surface area contributed by atoms with Gasteiger partial charge in [-0.2, -0.15) is 0 Å². The first-order valence-electron chi connectivity index (χ1n) is 8.10. The van der Waals surface area contributed by atoms with Crippen molar-refractivity contribution < 1.29 is 4.79 Å². The van der Waals surface area contributed by atoms with E-state index in [4.69, 9.17) is 0 Å². The highest BCUT2D eigenvalue weighted by atomic mass is 16.2. The number of amides is 1. The fourth-order valence-corrected chi connectivity index (χ4v) is 4.07. The van der Waals surface area contributed by atoms with Crippen molar-refractivity contribution in [3.05, 3.63) is 0 Å². The Bertz CT molecular complexity index is 315. The summed E-state index contributed by atoms with van der Waals surface area (Å²) in [5, 5.41) is 6.68. The summed E-state index contributed by atoms with van der Waals surface area (Å²) in [5.41, 5.74) is 0. The number of fused-ring (bicyclic) bond motifs is 1. The van der Waals surface area contributed by atoms with Crippen LogP contribution in [0.5, 0.6) is 0 Å². The van der Waals surface area contributed by atoms with Gasteiger partial charge in [0, 0.05) is 24.7 Å². The molecule has 0 spiro atoms. The van der Waals surface area contributed by atoms with Gasteiger partial charge in [-0.05, 0) is 38.6 Å². The lowest BCUT2D eigenvalue weighted by Gasteiger charge is -2.24. The molecule has 0 aromatic carbocycles. The zero-order valence-electron chi connectivity index (χ0n) is 11.9. The number of nitrogens with zero attached hydrogens (tertiary/aromatic N) is 1. The zero-order chi connectivity index (χ0) is 13.1. The highest BCUT2D eigenvalue weighted by Crippen LogP contribution is 2.27. The van der Waals surface area contributed by atoms with E-state index in [1.807, 2.05) is 0 Å². The molecule has 3 rings (SSSR count). The van der Waals surface area contributed by atoms with E-state index in [9.17, 15) is 4.79 Å². The van der Waals surface area contributed by atoms with Crippen molar-refractivity contribution >= 4 is 5.91 Å². The minimum absolute atomic E-state index is 0.198. The Balaban J connectivity index is 1.38. The van der Waals surface area contributed by atoms with Crippen molar-refractivity contribution in [3.8, 4) is 0 Å². The first-order valence-corrected chi connectivity index (χ1v) is 8.10. The summed E-state index contributed by atoms with van der Waals surface area (Å²) in [6.45, 7) is 2.98. The molecule has 0 radical (unpaired) electrons. The molecule has 3 fully saturated rings. The standard InChI is InChI=1S/C15H27N3O/c19-15(17-12-5-2-1-3-6-12)11-16-13-8-10-18-9-4-7-14(13)18/h12-14,16H,1-11H2,(H,17,19). The molecule has 0 bridgehead atoms. The van der Waals surface area contributed by atoms with Gasteiger partial charge in [0.2, 0.25) is 5.91 Å². The lowest BCUT2D eigenvalue weighted by Crippen LogP contribution is -2.46. The van der Waals surface area contributed by atoms with Gasteiger partial charge in [-0.25, -0.2) is 0 Å². The molecule has 0 aromatic heterocycles. The van der Waals surface area contributed by atoms with E-state index < -0.39 is 0 Å². The summed E-state index contributed by atoms with van der Waals surface area (Å²) in [4.78, 5) is 14.6. The van der Waals surface area contributed by atoms with Crippen molar-refractivity contribution in [3.63, 3.8) is 0 Å². The second-order valence-corrected chi connectivity index (χ2v) is 6.42. The van der Waals surface area contributed by atoms with Crippen LogP contribution in [0, 0.1) is 0 Å². The van der Waals surface area contributed by atoms with Crippen LogP contribution in [0.3, 0.4) is 0 Å². The van der Waals surface area contributed by atoms with E-state index >= 15 is 0 Å². The Morgan fingerprint density at radius 2 is 1.84 bits per heavy atom. The fourth-order valence-electron chi connectivity index (χ4n) is 4.07. The van der Waals surface area contributed by atoms with Crippen LogP contribution in [0.25, 0.3) is 0 Å². The normalized spacial score (nSPS) is 32.4. The largest absolute Gasteiger partial charge is 0.352 e. The Morgan fingerprint density at radius 3 is 2.68 bits per heavy atom. The van der Waals surface area contributed by atoms with E-state index in [0.29, 0.717) is 24.7 Å². The molecule has 1 aliphatic carbocycles. The first-order chi connectivity index (χ1) is 9.33. The van der Waals surface area contributed by atoms with Crippen LogP contribution < -0.4 is 10.6 Å². The van der Waals surface area contributed by atoms with Crippen LogP contribution in [0.15, 0.2) is 0 Å². The maximum absolute atomic E-state index is 12.0. The van der Waals surface area contributed by atoms with E-state index in [0.717, 1.165) is 0 Å².